The molecule has 0 aromatic heterocycles. The molecule has 0 radical (unpaired) electrons. The molecule has 72 valence electrons. The third-order valence-electron chi connectivity index (χ3n) is 2.68. The molecular weight excluding hydrogens is 154 g/mol. The molecule has 0 atom stereocenters. The summed E-state index contributed by atoms with van der Waals surface area (Å²) in [6.45, 7) is 0. The molecule has 0 aromatic rings. The quantitative estimate of drug-likeness (QED) is 0.654. The first-order valence-electron chi connectivity index (χ1n) is 4.57. The molecule has 0 spiro atoms. The summed E-state index contributed by atoms with van der Waals surface area (Å²) in [5.41, 5.74) is 5.93. The Morgan fingerprint density at radius 2 is 1.58 bits per heavy atom. The molecule has 12 heavy (non-hydrogen) atoms. The maximum Gasteiger partial charge on any atom is 0.174 e. The number of ether oxygens (including phenoxy) is 2. The normalized spacial score (nSPS) is 23.0. The topological polar surface area (TPSA) is 44.5 Å². The SMILES string of the molecule is COC(OC)C1(N)CCCCC1. The number of hydrogen-bond donors (Lipinski definition) is 1. The van der Waals surface area contributed by atoms with Crippen LogP contribution >= 0.6 is 0 Å². The van der Waals surface area contributed by atoms with Gasteiger partial charge in [0.1, 0.15) is 0 Å². The lowest BCUT2D eigenvalue weighted by Crippen LogP contribution is -2.53. The summed E-state index contributed by atoms with van der Waals surface area (Å²) in [5.74, 6) is 0. The van der Waals surface area contributed by atoms with Crippen molar-refractivity contribution in [1.82, 2.24) is 0 Å². The second kappa shape index (κ2) is 4.21. The van der Waals surface area contributed by atoms with Gasteiger partial charge in [-0.3, -0.25) is 0 Å². The van der Waals surface area contributed by atoms with Crippen LogP contribution in [0.25, 0.3) is 0 Å². The van der Waals surface area contributed by atoms with Crippen molar-refractivity contribution in [2.45, 2.75) is 43.9 Å². The van der Waals surface area contributed by atoms with Crippen molar-refractivity contribution in [3.8, 4) is 0 Å². The van der Waals surface area contributed by atoms with Gasteiger partial charge in [-0.2, -0.15) is 0 Å². The minimum absolute atomic E-state index is 0.238. The fourth-order valence-electron chi connectivity index (χ4n) is 2.01. The van der Waals surface area contributed by atoms with Gasteiger partial charge in [0.2, 0.25) is 0 Å². The molecule has 1 saturated carbocycles. The van der Waals surface area contributed by atoms with Crippen molar-refractivity contribution in [1.29, 1.82) is 0 Å². The van der Waals surface area contributed by atoms with E-state index in [4.69, 9.17) is 15.2 Å². The summed E-state index contributed by atoms with van der Waals surface area (Å²) in [4.78, 5) is 0. The molecule has 0 aliphatic heterocycles. The Kier molecular flexibility index (Phi) is 3.50. The molecule has 0 saturated heterocycles. The lowest BCUT2D eigenvalue weighted by molar-refractivity contribution is -0.153. The van der Waals surface area contributed by atoms with Crippen LogP contribution in [0.15, 0.2) is 0 Å². The third kappa shape index (κ3) is 1.97. The molecule has 2 N–H and O–H groups in total. The first kappa shape index (κ1) is 9.96. The first-order valence-corrected chi connectivity index (χ1v) is 4.57. The van der Waals surface area contributed by atoms with E-state index in [1.54, 1.807) is 14.2 Å². The Bertz CT molecular complexity index is 128. The Balaban J connectivity index is 2.53. The molecule has 1 fully saturated rings. The lowest BCUT2D eigenvalue weighted by atomic mass is 9.82. The smallest absolute Gasteiger partial charge is 0.174 e. The van der Waals surface area contributed by atoms with E-state index in [1.807, 2.05) is 0 Å². The average Bonchev–Trinajstić information content (AvgIpc) is 2.07. The van der Waals surface area contributed by atoms with Crippen LogP contribution < -0.4 is 5.73 Å². The molecule has 0 bridgehead atoms. The van der Waals surface area contributed by atoms with Crippen LogP contribution in [0.4, 0.5) is 0 Å². The Labute approximate surface area is 74.2 Å². The van der Waals surface area contributed by atoms with Gasteiger partial charge in [-0.1, -0.05) is 19.3 Å². The summed E-state index contributed by atoms with van der Waals surface area (Å²) in [7, 11) is 3.30. The van der Waals surface area contributed by atoms with Crippen molar-refractivity contribution < 1.29 is 9.47 Å². The van der Waals surface area contributed by atoms with E-state index in [0.717, 1.165) is 12.8 Å². The van der Waals surface area contributed by atoms with Gasteiger partial charge in [-0.15, -0.1) is 0 Å². The number of methoxy groups -OCH3 is 2. The predicted octanol–water partition coefficient (Wildman–Crippen LogP) is 1.27. The molecular formula is C9H19NO2. The molecule has 3 heteroatoms. The summed E-state index contributed by atoms with van der Waals surface area (Å²) >= 11 is 0. The first-order chi connectivity index (χ1) is 5.73. The molecule has 3 nitrogen and oxygen atoms in total. The van der Waals surface area contributed by atoms with Crippen molar-refractivity contribution in [3.05, 3.63) is 0 Å². The standard InChI is InChI=1S/C9H19NO2/c1-11-8(12-2)9(10)6-4-3-5-7-9/h8H,3-7,10H2,1-2H3. The molecule has 0 aromatic carbocycles. The predicted molar refractivity (Wildman–Crippen MR) is 47.8 cm³/mol. The Hall–Kier alpha value is -0.120. The zero-order chi connectivity index (χ0) is 9.03. The zero-order valence-electron chi connectivity index (χ0n) is 8.01. The van der Waals surface area contributed by atoms with Crippen LogP contribution in [0, 0.1) is 0 Å². The van der Waals surface area contributed by atoms with Gasteiger partial charge in [0.05, 0.1) is 5.54 Å². The highest BCUT2D eigenvalue weighted by molar-refractivity contribution is 4.90. The van der Waals surface area contributed by atoms with E-state index < -0.39 is 0 Å². The van der Waals surface area contributed by atoms with E-state index in [0.29, 0.717) is 0 Å². The van der Waals surface area contributed by atoms with Crippen LogP contribution in [0.3, 0.4) is 0 Å². The van der Waals surface area contributed by atoms with Crippen LogP contribution in [-0.4, -0.2) is 26.0 Å². The number of nitrogens with two attached hydrogens (primary N) is 1. The largest absolute Gasteiger partial charge is 0.354 e. The minimum atomic E-state index is -0.248. The van der Waals surface area contributed by atoms with Gasteiger partial charge in [0, 0.05) is 14.2 Å². The number of rotatable bonds is 3. The highest BCUT2D eigenvalue weighted by Gasteiger charge is 2.36. The van der Waals surface area contributed by atoms with E-state index in [2.05, 4.69) is 0 Å². The van der Waals surface area contributed by atoms with Gasteiger partial charge in [0.25, 0.3) is 0 Å². The van der Waals surface area contributed by atoms with Gasteiger partial charge in [-0.05, 0) is 12.8 Å². The fourth-order valence-corrected chi connectivity index (χ4v) is 2.01. The third-order valence-corrected chi connectivity index (χ3v) is 2.68. The minimum Gasteiger partial charge on any atom is -0.354 e. The second-order valence-electron chi connectivity index (χ2n) is 3.60. The van der Waals surface area contributed by atoms with Gasteiger partial charge in [-0.25, -0.2) is 0 Å². The van der Waals surface area contributed by atoms with Crippen molar-refractivity contribution in [3.63, 3.8) is 0 Å². The molecule has 1 aliphatic rings. The highest BCUT2D eigenvalue weighted by Crippen LogP contribution is 2.30. The van der Waals surface area contributed by atoms with E-state index in [9.17, 15) is 0 Å². The second-order valence-corrected chi connectivity index (χ2v) is 3.60. The Morgan fingerprint density at radius 3 is 2.00 bits per heavy atom. The monoisotopic (exact) mass is 173 g/mol. The van der Waals surface area contributed by atoms with Crippen LogP contribution in [-0.2, 0) is 9.47 Å². The van der Waals surface area contributed by atoms with E-state index in [1.165, 1.54) is 19.3 Å². The van der Waals surface area contributed by atoms with Crippen molar-refractivity contribution >= 4 is 0 Å². The van der Waals surface area contributed by atoms with E-state index >= 15 is 0 Å². The summed E-state index contributed by atoms with van der Waals surface area (Å²) in [5, 5.41) is 0. The average molecular weight is 173 g/mol. The zero-order valence-corrected chi connectivity index (χ0v) is 8.01. The molecule has 0 amide bonds. The van der Waals surface area contributed by atoms with Gasteiger partial charge in [0.15, 0.2) is 6.29 Å². The maximum absolute atomic E-state index is 6.17. The molecule has 1 aliphatic carbocycles. The van der Waals surface area contributed by atoms with Crippen LogP contribution in [0.5, 0.6) is 0 Å². The summed E-state index contributed by atoms with van der Waals surface area (Å²) < 4.78 is 10.4. The molecule has 0 unspecified atom stereocenters. The molecule has 1 rings (SSSR count). The van der Waals surface area contributed by atoms with Crippen LogP contribution in [0.2, 0.25) is 0 Å². The Morgan fingerprint density at radius 1 is 1.08 bits per heavy atom. The maximum atomic E-state index is 6.17. The lowest BCUT2D eigenvalue weighted by Gasteiger charge is -2.38. The van der Waals surface area contributed by atoms with Crippen molar-refractivity contribution in [2.24, 2.45) is 5.73 Å². The van der Waals surface area contributed by atoms with Crippen molar-refractivity contribution in [2.75, 3.05) is 14.2 Å². The van der Waals surface area contributed by atoms with Gasteiger partial charge < -0.3 is 15.2 Å². The molecule has 0 heterocycles. The van der Waals surface area contributed by atoms with Crippen LogP contribution in [0.1, 0.15) is 32.1 Å². The summed E-state index contributed by atoms with van der Waals surface area (Å²) in [6.07, 6.45) is 5.47. The highest BCUT2D eigenvalue weighted by atomic mass is 16.7. The van der Waals surface area contributed by atoms with E-state index in [-0.39, 0.29) is 11.8 Å². The van der Waals surface area contributed by atoms with Gasteiger partial charge >= 0.3 is 0 Å². The summed E-state index contributed by atoms with van der Waals surface area (Å²) in [6, 6.07) is 0. The fraction of sp³-hybridized carbons (Fsp3) is 1.00. The number of hydrogen-bond acceptors (Lipinski definition) is 3.